The van der Waals surface area contributed by atoms with Gasteiger partial charge in [0.15, 0.2) is 12.2 Å². The third-order valence-electron chi connectivity index (χ3n) is 4.50. The van der Waals surface area contributed by atoms with Gasteiger partial charge in [0.25, 0.3) is 0 Å². The van der Waals surface area contributed by atoms with E-state index in [1.807, 2.05) is 12.1 Å². The zero-order valence-corrected chi connectivity index (χ0v) is 14.5. The zero-order valence-electron chi connectivity index (χ0n) is 13.7. The van der Waals surface area contributed by atoms with Crippen LogP contribution in [0.15, 0.2) is 53.4 Å². The van der Waals surface area contributed by atoms with Crippen LogP contribution in [0.1, 0.15) is 11.1 Å². The number of carbonyl (C=O) groups is 1. The smallest absolute Gasteiger partial charge is 0.181 e. The van der Waals surface area contributed by atoms with Crippen molar-refractivity contribution in [3.8, 4) is 17.1 Å². The summed E-state index contributed by atoms with van der Waals surface area (Å²) in [5.41, 5.74) is 2.42. The number of hydrogen-bond acceptors (Lipinski definition) is 4. The van der Waals surface area contributed by atoms with Crippen molar-refractivity contribution >= 4 is 17.4 Å². The molecule has 0 radical (unpaired) electrons. The number of aromatic nitrogens is 1. The molecule has 0 N–H and O–H groups in total. The Morgan fingerprint density at radius 1 is 1.27 bits per heavy atom. The molecule has 1 atom stereocenters. The molecule has 0 aliphatic carbocycles. The molecule has 132 valence electrons. The quantitative estimate of drug-likeness (QED) is 0.677. The van der Waals surface area contributed by atoms with Crippen LogP contribution in [0, 0.1) is 11.7 Å². The molecule has 4 rings (SSSR count). The Bertz CT molecular complexity index is 956. The normalized spacial score (nSPS) is 16.0. The largest absolute Gasteiger partial charge is 0.492 e. The monoisotopic (exact) mass is 371 g/mol. The van der Waals surface area contributed by atoms with Crippen molar-refractivity contribution in [3.05, 3.63) is 71.0 Å². The summed E-state index contributed by atoms with van der Waals surface area (Å²) < 4.78 is 24.1. The van der Waals surface area contributed by atoms with Gasteiger partial charge in [-0.25, -0.2) is 9.37 Å². The minimum Gasteiger partial charge on any atom is -0.492 e. The van der Waals surface area contributed by atoms with Gasteiger partial charge >= 0.3 is 0 Å². The topological polar surface area (TPSA) is 52.3 Å². The minimum atomic E-state index is -0.338. The highest BCUT2D eigenvalue weighted by Crippen LogP contribution is 2.31. The third kappa shape index (κ3) is 3.35. The second-order valence-electron chi connectivity index (χ2n) is 6.29. The maximum Gasteiger partial charge on any atom is 0.181 e. The molecule has 0 bridgehead atoms. The van der Waals surface area contributed by atoms with E-state index in [9.17, 15) is 9.18 Å². The average Bonchev–Trinajstić information content (AvgIpc) is 3.15. The van der Waals surface area contributed by atoms with Gasteiger partial charge in [-0.2, -0.15) is 0 Å². The Kier molecular flexibility index (Phi) is 4.47. The van der Waals surface area contributed by atoms with Crippen molar-refractivity contribution in [2.75, 3.05) is 6.61 Å². The third-order valence-corrected chi connectivity index (χ3v) is 4.81. The number of fused-ring (bicyclic) bond motifs is 1. The van der Waals surface area contributed by atoms with Crippen LogP contribution < -0.4 is 4.74 Å². The first-order valence-corrected chi connectivity index (χ1v) is 8.59. The molecule has 26 heavy (non-hydrogen) atoms. The maximum absolute atomic E-state index is 13.2. The lowest BCUT2D eigenvalue weighted by atomic mass is 9.90. The van der Waals surface area contributed by atoms with Gasteiger partial charge in [-0.15, -0.1) is 0 Å². The first kappa shape index (κ1) is 16.8. The lowest BCUT2D eigenvalue weighted by Crippen LogP contribution is -2.29. The van der Waals surface area contributed by atoms with Crippen LogP contribution in [0.3, 0.4) is 0 Å². The molecular weight excluding hydrogens is 357 g/mol. The lowest BCUT2D eigenvalue weighted by molar-refractivity contribution is -0.123. The van der Waals surface area contributed by atoms with E-state index < -0.39 is 0 Å². The Balaban J connectivity index is 1.47. The summed E-state index contributed by atoms with van der Waals surface area (Å²) in [4.78, 5) is 16.5. The molecular formula is C20H15ClFNO3. The molecule has 2 aromatic carbocycles. The summed E-state index contributed by atoms with van der Waals surface area (Å²) in [5, 5.41) is 0.507. The van der Waals surface area contributed by atoms with E-state index in [4.69, 9.17) is 20.8 Å². The molecule has 1 aliphatic rings. The van der Waals surface area contributed by atoms with E-state index in [2.05, 4.69) is 4.98 Å². The Morgan fingerprint density at radius 2 is 2.15 bits per heavy atom. The molecule has 0 saturated carbocycles. The molecule has 0 amide bonds. The molecule has 4 nitrogen and oxygen atoms in total. The molecule has 3 aromatic rings. The number of nitrogens with zero attached hydrogens (tertiary/aromatic N) is 1. The van der Waals surface area contributed by atoms with E-state index in [1.165, 1.54) is 18.5 Å². The summed E-state index contributed by atoms with van der Waals surface area (Å²) in [6, 6.07) is 9.86. The van der Waals surface area contributed by atoms with Crippen molar-refractivity contribution in [1.82, 2.24) is 4.98 Å². The summed E-state index contributed by atoms with van der Waals surface area (Å²) in [6.45, 7) is 0.263. The first-order valence-electron chi connectivity index (χ1n) is 8.21. The molecule has 2 heterocycles. The van der Waals surface area contributed by atoms with Crippen molar-refractivity contribution < 1.29 is 18.3 Å². The number of ether oxygens (including phenoxy) is 1. The average molecular weight is 372 g/mol. The van der Waals surface area contributed by atoms with Gasteiger partial charge in [0.05, 0.1) is 23.7 Å². The van der Waals surface area contributed by atoms with Crippen LogP contribution in [-0.2, 0) is 17.6 Å². The van der Waals surface area contributed by atoms with Gasteiger partial charge in [-0.1, -0.05) is 23.7 Å². The number of halogens is 2. The van der Waals surface area contributed by atoms with Crippen molar-refractivity contribution in [2.45, 2.75) is 12.8 Å². The fraction of sp³-hybridized carbons (Fsp3) is 0.200. The number of ketones is 1. The first-order chi connectivity index (χ1) is 12.6. The number of oxazole rings is 1. The van der Waals surface area contributed by atoms with Gasteiger partial charge < -0.3 is 9.15 Å². The Labute approximate surface area is 154 Å². The number of rotatable bonds is 4. The highest BCUT2D eigenvalue weighted by Gasteiger charge is 2.26. The van der Waals surface area contributed by atoms with Crippen LogP contribution >= 0.6 is 11.6 Å². The summed E-state index contributed by atoms with van der Waals surface area (Å²) in [5.74, 6) is 0.588. The molecule has 6 heteroatoms. The zero-order chi connectivity index (χ0) is 18.1. The van der Waals surface area contributed by atoms with Gasteiger partial charge in [0.2, 0.25) is 0 Å². The molecule has 0 spiro atoms. The number of carbonyl (C=O) groups excluding carboxylic acids is 1. The van der Waals surface area contributed by atoms with Crippen LogP contribution in [0.5, 0.6) is 5.75 Å². The summed E-state index contributed by atoms with van der Waals surface area (Å²) >= 11 is 6.31. The van der Waals surface area contributed by atoms with E-state index >= 15 is 0 Å². The second kappa shape index (κ2) is 6.92. The van der Waals surface area contributed by atoms with Crippen LogP contribution in [-0.4, -0.2) is 17.4 Å². The molecule has 0 fully saturated rings. The van der Waals surface area contributed by atoms with Crippen molar-refractivity contribution in [2.24, 2.45) is 5.92 Å². The van der Waals surface area contributed by atoms with Crippen LogP contribution in [0.4, 0.5) is 4.39 Å². The summed E-state index contributed by atoms with van der Waals surface area (Å²) in [6.07, 6.45) is 3.75. The number of Topliss-reactive ketones (excluding diaryl/α,β-unsaturated/α-hetero) is 1. The number of hydrogen-bond donors (Lipinski definition) is 0. The van der Waals surface area contributed by atoms with E-state index in [0.29, 0.717) is 23.0 Å². The van der Waals surface area contributed by atoms with Crippen LogP contribution in [0.2, 0.25) is 5.02 Å². The Morgan fingerprint density at radius 3 is 2.92 bits per heavy atom. The van der Waals surface area contributed by atoms with E-state index in [0.717, 1.165) is 16.7 Å². The van der Waals surface area contributed by atoms with Gasteiger partial charge in [0, 0.05) is 18.1 Å². The standard InChI is InChI=1S/C20H15ClFNO3/c21-17-5-12(1-4-16(17)20-9-23-11-26-20)6-18(24)14-7-13-2-3-15(22)8-19(13)25-10-14/h1-5,8-9,11,14H,6-7,10H2. The van der Waals surface area contributed by atoms with E-state index in [-0.39, 0.29) is 30.5 Å². The molecule has 1 aliphatic heterocycles. The lowest BCUT2D eigenvalue weighted by Gasteiger charge is -2.24. The number of benzene rings is 2. The van der Waals surface area contributed by atoms with Crippen molar-refractivity contribution in [1.29, 1.82) is 0 Å². The predicted octanol–water partition coefficient (Wildman–Crippen LogP) is 4.50. The summed E-state index contributed by atoms with van der Waals surface area (Å²) in [7, 11) is 0. The molecule has 1 unspecified atom stereocenters. The highest BCUT2D eigenvalue weighted by atomic mass is 35.5. The van der Waals surface area contributed by atoms with Crippen LogP contribution in [0.25, 0.3) is 11.3 Å². The molecule has 1 aromatic heterocycles. The molecule has 0 saturated heterocycles. The minimum absolute atomic E-state index is 0.0726. The predicted molar refractivity (Wildman–Crippen MR) is 94.7 cm³/mol. The van der Waals surface area contributed by atoms with E-state index in [1.54, 1.807) is 18.3 Å². The Hall–Kier alpha value is -2.66. The fourth-order valence-corrected chi connectivity index (χ4v) is 3.41. The van der Waals surface area contributed by atoms with Gasteiger partial charge in [-0.3, -0.25) is 4.79 Å². The second-order valence-corrected chi connectivity index (χ2v) is 6.69. The van der Waals surface area contributed by atoms with Crippen molar-refractivity contribution in [3.63, 3.8) is 0 Å². The van der Waals surface area contributed by atoms with Gasteiger partial charge in [-0.05, 0) is 35.7 Å². The SMILES string of the molecule is O=C(Cc1ccc(-c2cnco2)c(Cl)c1)C1COc2cc(F)ccc2C1. The van der Waals surface area contributed by atoms with Gasteiger partial charge in [0.1, 0.15) is 17.3 Å². The highest BCUT2D eigenvalue weighted by molar-refractivity contribution is 6.33. The maximum atomic E-state index is 13.2. The fourth-order valence-electron chi connectivity index (χ4n) is 3.12.